The highest BCUT2D eigenvalue weighted by molar-refractivity contribution is 6.03. The molecule has 0 saturated carbocycles. The summed E-state index contributed by atoms with van der Waals surface area (Å²) in [6.07, 6.45) is -0.0867. The molecule has 7 heteroatoms. The smallest absolute Gasteiger partial charge is 0.379 e. The molecule has 0 aliphatic rings. The van der Waals surface area contributed by atoms with Crippen molar-refractivity contribution in [3.63, 3.8) is 0 Å². The molecule has 0 unspecified atom stereocenters. The van der Waals surface area contributed by atoms with Gasteiger partial charge < -0.3 is 19.3 Å². The number of esters is 1. The van der Waals surface area contributed by atoms with Crippen molar-refractivity contribution in [1.82, 2.24) is 5.16 Å². The van der Waals surface area contributed by atoms with Gasteiger partial charge in [0.1, 0.15) is 18.0 Å². The number of benzene rings is 1. The van der Waals surface area contributed by atoms with Crippen LogP contribution in [0.5, 0.6) is 0 Å². The van der Waals surface area contributed by atoms with E-state index in [0.717, 1.165) is 0 Å². The Balaban J connectivity index is 2.32. The molecule has 2 rings (SSSR count). The van der Waals surface area contributed by atoms with Crippen LogP contribution in [-0.2, 0) is 14.3 Å². The summed E-state index contributed by atoms with van der Waals surface area (Å²) in [5.41, 5.74) is 1.24. The number of rotatable bonds is 7. The lowest BCUT2D eigenvalue weighted by Gasteiger charge is -2.09. The van der Waals surface area contributed by atoms with Gasteiger partial charge in [-0.3, -0.25) is 4.79 Å². The Labute approximate surface area is 139 Å². The molecule has 0 aliphatic heterocycles. The van der Waals surface area contributed by atoms with Gasteiger partial charge in [0.2, 0.25) is 0 Å². The fourth-order valence-electron chi connectivity index (χ4n) is 1.95. The second-order valence-electron chi connectivity index (χ2n) is 5.23. The molecule has 0 bridgehead atoms. The molecule has 1 amide bonds. The minimum Gasteiger partial charge on any atom is -0.460 e. The maximum atomic E-state index is 12.1. The van der Waals surface area contributed by atoms with Crippen molar-refractivity contribution in [3.8, 4) is 11.3 Å². The molecular weight excluding hydrogens is 312 g/mol. The molecule has 0 spiro atoms. The van der Waals surface area contributed by atoms with Crippen LogP contribution in [0.15, 0.2) is 34.9 Å². The predicted octanol–water partition coefficient (Wildman–Crippen LogP) is 2.88. The summed E-state index contributed by atoms with van der Waals surface area (Å²) in [7, 11) is 0. The number of aromatic nitrogens is 1. The zero-order valence-corrected chi connectivity index (χ0v) is 13.9. The van der Waals surface area contributed by atoms with Crippen molar-refractivity contribution >= 4 is 17.6 Å². The second kappa shape index (κ2) is 8.26. The van der Waals surface area contributed by atoms with E-state index >= 15 is 0 Å². The molecule has 2 aromatic rings. The van der Waals surface area contributed by atoms with Crippen LogP contribution in [0, 0.1) is 0 Å². The summed E-state index contributed by atoms with van der Waals surface area (Å²) in [6.45, 7) is 5.38. The first-order valence-corrected chi connectivity index (χ1v) is 7.66. The van der Waals surface area contributed by atoms with Crippen LogP contribution in [0.2, 0.25) is 0 Å². The Kier molecular flexibility index (Phi) is 6.08. The van der Waals surface area contributed by atoms with E-state index in [0.29, 0.717) is 11.3 Å². The fourth-order valence-corrected chi connectivity index (χ4v) is 1.95. The molecule has 128 valence electrons. The van der Waals surface area contributed by atoms with Gasteiger partial charge in [-0.1, -0.05) is 35.5 Å². The molecule has 1 aromatic heterocycles. The molecule has 1 N–H and O–H groups in total. The van der Waals surface area contributed by atoms with E-state index in [1.165, 1.54) is 0 Å². The number of nitrogens with zero attached hydrogens (tertiary/aromatic N) is 1. The number of nitrogens with one attached hydrogen (secondary N) is 1. The number of hydrogen-bond acceptors (Lipinski definition) is 6. The normalized spacial score (nSPS) is 10.7. The monoisotopic (exact) mass is 332 g/mol. The highest BCUT2D eigenvalue weighted by Gasteiger charge is 2.26. The molecular formula is C17H20N2O5. The number of ether oxygens (including phenoxy) is 2. The van der Waals surface area contributed by atoms with Crippen molar-refractivity contribution in [2.45, 2.75) is 26.9 Å². The van der Waals surface area contributed by atoms with E-state index in [1.807, 2.05) is 32.0 Å². The van der Waals surface area contributed by atoms with E-state index in [2.05, 4.69) is 10.5 Å². The Bertz CT molecular complexity index is 694. The topological polar surface area (TPSA) is 90.7 Å². The third kappa shape index (κ3) is 4.42. The minimum absolute atomic E-state index is 0.0867. The molecule has 1 aromatic carbocycles. The zero-order chi connectivity index (χ0) is 17.5. The Hall–Kier alpha value is -2.67. The number of anilines is 1. The Morgan fingerprint density at radius 2 is 1.96 bits per heavy atom. The van der Waals surface area contributed by atoms with Crippen LogP contribution in [0.25, 0.3) is 11.3 Å². The second-order valence-corrected chi connectivity index (χ2v) is 5.23. The highest BCUT2D eigenvalue weighted by atomic mass is 16.6. The van der Waals surface area contributed by atoms with Gasteiger partial charge in [0.25, 0.3) is 11.7 Å². The summed E-state index contributed by atoms with van der Waals surface area (Å²) < 4.78 is 15.3. The van der Waals surface area contributed by atoms with Crippen LogP contribution < -0.4 is 5.32 Å². The lowest BCUT2D eigenvalue weighted by Crippen LogP contribution is -2.22. The largest absolute Gasteiger partial charge is 0.460 e. The summed E-state index contributed by atoms with van der Waals surface area (Å²) in [5, 5.41) is 6.54. The van der Waals surface area contributed by atoms with Gasteiger partial charge in [0.15, 0.2) is 0 Å². The molecule has 0 radical (unpaired) electrons. The quantitative estimate of drug-likeness (QED) is 0.784. The molecule has 24 heavy (non-hydrogen) atoms. The van der Waals surface area contributed by atoms with Crippen molar-refractivity contribution in [2.75, 3.05) is 18.5 Å². The van der Waals surface area contributed by atoms with E-state index in [-0.39, 0.29) is 30.8 Å². The first kappa shape index (κ1) is 17.7. The van der Waals surface area contributed by atoms with Crippen molar-refractivity contribution in [1.29, 1.82) is 0 Å². The van der Waals surface area contributed by atoms with E-state index in [9.17, 15) is 9.59 Å². The maximum absolute atomic E-state index is 12.1. The number of carbonyl (C=O) groups is 2. The lowest BCUT2D eigenvalue weighted by molar-refractivity contribution is -0.121. The van der Waals surface area contributed by atoms with E-state index in [4.69, 9.17) is 14.0 Å². The molecule has 0 saturated heterocycles. The summed E-state index contributed by atoms with van der Waals surface area (Å²) >= 11 is 0. The first-order chi connectivity index (χ1) is 11.5. The summed E-state index contributed by atoms with van der Waals surface area (Å²) in [4.78, 5) is 24.1. The maximum Gasteiger partial charge on any atom is 0.379 e. The van der Waals surface area contributed by atoms with Crippen LogP contribution >= 0.6 is 0 Å². The van der Waals surface area contributed by atoms with Gasteiger partial charge in [-0.25, -0.2) is 4.79 Å². The molecule has 1 heterocycles. The van der Waals surface area contributed by atoms with Crippen molar-refractivity contribution in [3.05, 3.63) is 36.1 Å². The minimum atomic E-state index is -0.688. The van der Waals surface area contributed by atoms with Gasteiger partial charge >= 0.3 is 5.97 Å². The first-order valence-electron chi connectivity index (χ1n) is 7.66. The van der Waals surface area contributed by atoms with E-state index < -0.39 is 11.9 Å². The number of hydrogen-bond donors (Lipinski definition) is 1. The van der Waals surface area contributed by atoms with Crippen LogP contribution in [0.4, 0.5) is 5.69 Å². The average Bonchev–Trinajstić information content (AvgIpc) is 2.97. The van der Waals surface area contributed by atoms with Gasteiger partial charge in [0.05, 0.1) is 12.7 Å². The molecule has 0 atom stereocenters. The van der Waals surface area contributed by atoms with E-state index in [1.54, 1.807) is 19.1 Å². The Morgan fingerprint density at radius 3 is 2.58 bits per heavy atom. The third-order valence-electron chi connectivity index (χ3n) is 3.01. The van der Waals surface area contributed by atoms with Crippen molar-refractivity contribution < 1.29 is 23.6 Å². The standard InChI is InChI=1S/C17H20N2O5/c1-4-22-17(21)16-15(18-13(20)10-23-11(2)3)14(19-24-16)12-8-6-5-7-9-12/h5-9,11H,4,10H2,1-3H3,(H,18,20). The van der Waals surface area contributed by atoms with Crippen LogP contribution in [0.3, 0.4) is 0 Å². The SMILES string of the molecule is CCOC(=O)c1onc(-c2ccccc2)c1NC(=O)COC(C)C. The van der Waals surface area contributed by atoms with Gasteiger partial charge in [-0.05, 0) is 20.8 Å². The van der Waals surface area contributed by atoms with Crippen molar-refractivity contribution in [2.24, 2.45) is 0 Å². The summed E-state index contributed by atoms with van der Waals surface area (Å²) in [5.74, 6) is -1.24. The van der Waals surface area contributed by atoms with Gasteiger partial charge in [-0.2, -0.15) is 0 Å². The predicted molar refractivity (Wildman–Crippen MR) is 87.6 cm³/mol. The molecule has 0 aliphatic carbocycles. The fraction of sp³-hybridized carbons (Fsp3) is 0.353. The molecule has 0 fully saturated rings. The highest BCUT2D eigenvalue weighted by Crippen LogP contribution is 2.30. The average molecular weight is 332 g/mol. The van der Waals surface area contributed by atoms with Gasteiger partial charge in [0, 0.05) is 5.56 Å². The third-order valence-corrected chi connectivity index (χ3v) is 3.01. The zero-order valence-electron chi connectivity index (χ0n) is 13.9. The van der Waals surface area contributed by atoms with Crippen LogP contribution in [0.1, 0.15) is 31.3 Å². The number of amides is 1. The summed E-state index contributed by atoms with van der Waals surface area (Å²) in [6, 6.07) is 9.09. The van der Waals surface area contributed by atoms with Crippen LogP contribution in [-0.4, -0.2) is 36.4 Å². The molecule has 7 nitrogen and oxygen atoms in total. The number of carbonyl (C=O) groups excluding carboxylic acids is 2. The lowest BCUT2D eigenvalue weighted by atomic mass is 10.1. The Morgan fingerprint density at radius 1 is 1.25 bits per heavy atom. The van der Waals surface area contributed by atoms with Gasteiger partial charge in [-0.15, -0.1) is 0 Å².